The minimum absolute atomic E-state index is 0.0521. The molecule has 0 heterocycles. The molecule has 7 nitrogen and oxygen atoms in total. The van der Waals surface area contributed by atoms with Gasteiger partial charge in [0.05, 0.1) is 18.6 Å². The van der Waals surface area contributed by atoms with E-state index in [-0.39, 0.29) is 35.0 Å². The number of terminal acetylenes is 1. The zero-order valence-corrected chi connectivity index (χ0v) is 16.1. The second-order valence-electron chi connectivity index (χ2n) is 5.60. The molecule has 0 fully saturated rings. The summed E-state index contributed by atoms with van der Waals surface area (Å²) in [5, 5.41) is 2.62. The number of rotatable bonds is 9. The largest absolute Gasteiger partial charge is 0.493 e. The van der Waals surface area contributed by atoms with Crippen molar-refractivity contribution in [2.75, 3.05) is 13.7 Å². The number of ether oxygens (including phenoxy) is 2. The number of alkyl halides is 2. The van der Waals surface area contributed by atoms with Gasteiger partial charge in [0.1, 0.15) is 0 Å². The maximum Gasteiger partial charge on any atom is 0.387 e. The van der Waals surface area contributed by atoms with Crippen LogP contribution in [0.25, 0.3) is 0 Å². The van der Waals surface area contributed by atoms with Gasteiger partial charge in [0, 0.05) is 12.1 Å². The third kappa shape index (κ3) is 6.17. The highest BCUT2D eigenvalue weighted by Crippen LogP contribution is 2.29. The summed E-state index contributed by atoms with van der Waals surface area (Å²) in [5.41, 5.74) is 0.689. The van der Waals surface area contributed by atoms with Gasteiger partial charge in [-0.1, -0.05) is 18.1 Å². The number of halogens is 2. The number of nitrogens with one attached hydrogen (secondary N) is 2. The second kappa shape index (κ2) is 9.86. The predicted octanol–water partition coefficient (Wildman–Crippen LogP) is 2.14. The Balaban J connectivity index is 2.10. The Hall–Kier alpha value is -3.16. The summed E-state index contributed by atoms with van der Waals surface area (Å²) >= 11 is 0. The Morgan fingerprint density at radius 3 is 2.62 bits per heavy atom. The fourth-order valence-electron chi connectivity index (χ4n) is 2.32. The molecule has 2 N–H and O–H groups in total. The lowest BCUT2D eigenvalue weighted by molar-refractivity contribution is -0.0512. The van der Waals surface area contributed by atoms with Crippen LogP contribution in [-0.4, -0.2) is 34.6 Å². The first-order valence-corrected chi connectivity index (χ1v) is 9.68. The van der Waals surface area contributed by atoms with Gasteiger partial charge in [-0.05, 0) is 35.9 Å². The number of carbonyl (C=O) groups is 1. The normalized spacial score (nSPS) is 11.0. The molecule has 2 aromatic carbocycles. The SMILES string of the molecule is C#CCNS(=O)(=O)c1cccc(C(=O)NCc2ccc(OC(F)F)c(OC)c2)c1. The third-order valence-corrected chi connectivity index (χ3v) is 5.07. The zero-order valence-electron chi connectivity index (χ0n) is 15.3. The van der Waals surface area contributed by atoms with Gasteiger partial charge in [-0.15, -0.1) is 6.42 Å². The molecular weight excluding hydrogens is 406 g/mol. The van der Waals surface area contributed by atoms with E-state index in [0.717, 1.165) is 0 Å². The molecule has 0 unspecified atom stereocenters. The van der Waals surface area contributed by atoms with Crippen molar-refractivity contribution in [3.63, 3.8) is 0 Å². The summed E-state index contributed by atoms with van der Waals surface area (Å²) in [4.78, 5) is 12.3. The molecule has 29 heavy (non-hydrogen) atoms. The molecule has 1 amide bonds. The molecule has 0 atom stereocenters. The molecular formula is C19H18F2N2O5S. The lowest BCUT2D eigenvalue weighted by atomic mass is 10.1. The fourth-order valence-corrected chi connectivity index (χ4v) is 3.30. The maximum atomic E-state index is 12.4. The molecule has 0 aliphatic rings. The average Bonchev–Trinajstić information content (AvgIpc) is 2.71. The first kappa shape index (κ1) is 22.1. The molecule has 0 bridgehead atoms. The molecule has 154 valence electrons. The van der Waals surface area contributed by atoms with Crippen LogP contribution >= 0.6 is 0 Å². The van der Waals surface area contributed by atoms with Crippen molar-refractivity contribution in [2.24, 2.45) is 0 Å². The summed E-state index contributed by atoms with van der Waals surface area (Å²) in [6, 6.07) is 9.68. The Labute approximate surface area is 167 Å². The summed E-state index contributed by atoms with van der Waals surface area (Å²) in [7, 11) is -2.53. The van der Waals surface area contributed by atoms with E-state index in [1.807, 2.05) is 0 Å². The van der Waals surface area contributed by atoms with E-state index in [1.54, 1.807) is 0 Å². The Kier molecular flexibility index (Phi) is 7.52. The fraction of sp³-hybridized carbons (Fsp3) is 0.211. The van der Waals surface area contributed by atoms with Crippen LogP contribution in [0.15, 0.2) is 47.4 Å². The summed E-state index contributed by atoms with van der Waals surface area (Å²) < 4.78 is 60.5. The van der Waals surface area contributed by atoms with Crippen molar-refractivity contribution in [1.29, 1.82) is 0 Å². The van der Waals surface area contributed by atoms with Crippen LogP contribution in [0.5, 0.6) is 11.5 Å². The number of hydrogen-bond donors (Lipinski definition) is 2. The first-order chi connectivity index (χ1) is 13.8. The molecule has 0 saturated carbocycles. The van der Waals surface area contributed by atoms with E-state index in [2.05, 4.69) is 20.7 Å². The zero-order chi connectivity index (χ0) is 21.4. The molecule has 0 aromatic heterocycles. The van der Waals surface area contributed by atoms with Crippen LogP contribution in [0.4, 0.5) is 8.78 Å². The van der Waals surface area contributed by atoms with Gasteiger partial charge in [-0.2, -0.15) is 13.5 Å². The lowest BCUT2D eigenvalue weighted by Crippen LogP contribution is -2.25. The molecule has 2 rings (SSSR count). The third-order valence-electron chi connectivity index (χ3n) is 3.67. The number of sulfonamides is 1. The highest BCUT2D eigenvalue weighted by Gasteiger charge is 2.16. The minimum atomic E-state index is -3.83. The van der Waals surface area contributed by atoms with Crippen LogP contribution in [0.2, 0.25) is 0 Å². The van der Waals surface area contributed by atoms with Gasteiger partial charge >= 0.3 is 6.61 Å². The molecule has 0 aliphatic heterocycles. The number of methoxy groups -OCH3 is 1. The van der Waals surface area contributed by atoms with Gasteiger partial charge < -0.3 is 14.8 Å². The highest BCUT2D eigenvalue weighted by molar-refractivity contribution is 7.89. The van der Waals surface area contributed by atoms with Crippen molar-refractivity contribution in [3.8, 4) is 23.8 Å². The topological polar surface area (TPSA) is 93.7 Å². The molecule has 10 heteroatoms. The van der Waals surface area contributed by atoms with Crippen molar-refractivity contribution < 1.29 is 31.5 Å². The van der Waals surface area contributed by atoms with Gasteiger partial charge in [0.2, 0.25) is 10.0 Å². The van der Waals surface area contributed by atoms with E-state index < -0.39 is 22.5 Å². The Morgan fingerprint density at radius 2 is 1.97 bits per heavy atom. The summed E-state index contributed by atoms with van der Waals surface area (Å²) in [5.74, 6) is 1.60. The van der Waals surface area contributed by atoms with Crippen LogP contribution in [0, 0.1) is 12.3 Å². The standard InChI is InChI=1S/C19H18F2N2O5S/c1-3-9-23-29(25,26)15-6-4-5-14(11-15)18(24)22-12-13-7-8-16(28-19(20)21)17(10-13)27-2/h1,4-8,10-11,19,23H,9,12H2,2H3,(H,22,24). The molecule has 0 aliphatic carbocycles. The van der Waals surface area contributed by atoms with E-state index >= 15 is 0 Å². The predicted molar refractivity (Wildman–Crippen MR) is 101 cm³/mol. The van der Waals surface area contributed by atoms with Crippen LogP contribution in [0.3, 0.4) is 0 Å². The van der Waals surface area contributed by atoms with E-state index in [0.29, 0.717) is 5.56 Å². The monoisotopic (exact) mass is 424 g/mol. The maximum absolute atomic E-state index is 12.4. The van der Waals surface area contributed by atoms with Crippen molar-refractivity contribution >= 4 is 15.9 Å². The summed E-state index contributed by atoms with van der Waals surface area (Å²) in [6.45, 7) is -3.12. The van der Waals surface area contributed by atoms with E-state index in [1.165, 1.54) is 49.6 Å². The van der Waals surface area contributed by atoms with Gasteiger partial charge in [0.25, 0.3) is 5.91 Å². The number of benzene rings is 2. The number of hydrogen-bond acceptors (Lipinski definition) is 5. The Bertz CT molecular complexity index is 1020. The smallest absolute Gasteiger partial charge is 0.387 e. The van der Waals surface area contributed by atoms with Gasteiger partial charge in [-0.25, -0.2) is 8.42 Å². The summed E-state index contributed by atoms with van der Waals surface area (Å²) in [6.07, 6.45) is 5.05. The van der Waals surface area contributed by atoms with Crippen molar-refractivity contribution in [2.45, 2.75) is 18.1 Å². The Morgan fingerprint density at radius 1 is 1.21 bits per heavy atom. The lowest BCUT2D eigenvalue weighted by Gasteiger charge is -2.12. The molecule has 2 aromatic rings. The first-order valence-electron chi connectivity index (χ1n) is 8.20. The van der Waals surface area contributed by atoms with Crippen LogP contribution in [0.1, 0.15) is 15.9 Å². The van der Waals surface area contributed by atoms with Crippen LogP contribution in [-0.2, 0) is 16.6 Å². The van der Waals surface area contributed by atoms with Gasteiger partial charge in [0.15, 0.2) is 11.5 Å². The van der Waals surface area contributed by atoms with Crippen LogP contribution < -0.4 is 19.5 Å². The van der Waals surface area contributed by atoms with E-state index in [4.69, 9.17) is 11.2 Å². The number of carbonyl (C=O) groups excluding carboxylic acids is 1. The van der Waals surface area contributed by atoms with Crippen molar-refractivity contribution in [1.82, 2.24) is 10.0 Å². The van der Waals surface area contributed by atoms with Gasteiger partial charge in [-0.3, -0.25) is 4.79 Å². The molecule has 0 saturated heterocycles. The molecule has 0 spiro atoms. The van der Waals surface area contributed by atoms with Crippen molar-refractivity contribution in [3.05, 3.63) is 53.6 Å². The molecule has 0 radical (unpaired) electrons. The second-order valence-corrected chi connectivity index (χ2v) is 7.37. The number of amides is 1. The highest BCUT2D eigenvalue weighted by atomic mass is 32.2. The quantitative estimate of drug-likeness (QED) is 0.602. The minimum Gasteiger partial charge on any atom is -0.493 e. The average molecular weight is 424 g/mol. The van der Waals surface area contributed by atoms with E-state index in [9.17, 15) is 22.0 Å².